The highest BCUT2D eigenvalue weighted by atomic mass is 79.9. The fraction of sp³-hybridized carbons (Fsp3) is 0.286. The van der Waals surface area contributed by atoms with Crippen LogP contribution in [0, 0.1) is 0 Å². The maximum Gasteiger partial charge on any atom is 0.0178 e. The summed E-state index contributed by atoms with van der Waals surface area (Å²) in [7, 11) is 0. The molecule has 0 radical (unpaired) electrons. The molecule has 0 N–H and O–H groups in total. The third kappa shape index (κ3) is 3.94. The van der Waals surface area contributed by atoms with Crippen LogP contribution in [0.3, 0.4) is 0 Å². The summed E-state index contributed by atoms with van der Waals surface area (Å²) in [5.74, 6) is 0.592. The van der Waals surface area contributed by atoms with Crippen LogP contribution in [0.25, 0.3) is 0 Å². The molecular weight excluding hydrogens is 360 g/mol. The predicted octanol–water partition coefficient (Wildman–Crippen LogP) is 5.62. The average Bonchev–Trinajstić information content (AvgIpc) is 2.83. The lowest BCUT2D eigenvalue weighted by atomic mass is 9.96. The van der Waals surface area contributed by atoms with Crippen molar-refractivity contribution in [1.29, 1.82) is 0 Å². The highest BCUT2D eigenvalue weighted by molar-refractivity contribution is 9.10. The van der Waals surface area contributed by atoms with Gasteiger partial charge in [-0.1, -0.05) is 50.1 Å². The molecule has 2 rings (SSSR count). The second-order valence-electron chi connectivity index (χ2n) is 4.02. The molecule has 1 heterocycles. The van der Waals surface area contributed by atoms with E-state index in [4.69, 9.17) is 0 Å². The molecule has 0 aliphatic rings. The largest absolute Gasteiger partial charge is 0.149 e. The van der Waals surface area contributed by atoms with E-state index >= 15 is 0 Å². The van der Waals surface area contributed by atoms with Crippen molar-refractivity contribution in [3.63, 3.8) is 0 Å². The minimum Gasteiger partial charge on any atom is -0.149 e. The van der Waals surface area contributed by atoms with Crippen LogP contribution in [0.1, 0.15) is 22.8 Å². The fourth-order valence-corrected chi connectivity index (χ4v) is 3.70. The summed E-state index contributed by atoms with van der Waals surface area (Å²) in [4.78, 5) is 1.48. The van der Waals surface area contributed by atoms with E-state index in [9.17, 15) is 0 Å². The zero-order chi connectivity index (χ0) is 12.1. The quantitative estimate of drug-likeness (QED) is 0.596. The number of rotatable bonds is 5. The molecule has 0 spiro atoms. The molecule has 0 aliphatic carbocycles. The van der Waals surface area contributed by atoms with E-state index < -0.39 is 0 Å². The van der Waals surface area contributed by atoms with Gasteiger partial charge >= 0.3 is 0 Å². The maximum absolute atomic E-state index is 3.63. The summed E-state index contributed by atoms with van der Waals surface area (Å²) in [5, 5.41) is 3.17. The topological polar surface area (TPSA) is 0 Å². The SMILES string of the molecule is BrCC(CCc1cccs1)c1cccc(Br)c1. The minimum absolute atomic E-state index is 0.592. The van der Waals surface area contributed by atoms with Gasteiger partial charge in [-0.25, -0.2) is 0 Å². The number of benzene rings is 1. The molecule has 0 saturated heterocycles. The Balaban J connectivity index is 2.01. The Kier molecular flexibility index (Phi) is 5.26. The van der Waals surface area contributed by atoms with Crippen molar-refractivity contribution in [2.24, 2.45) is 0 Å². The summed E-state index contributed by atoms with van der Waals surface area (Å²) < 4.78 is 1.16. The summed E-state index contributed by atoms with van der Waals surface area (Å²) in [6.07, 6.45) is 2.36. The lowest BCUT2D eigenvalue weighted by Gasteiger charge is -2.14. The van der Waals surface area contributed by atoms with E-state index in [1.165, 1.54) is 23.3 Å². The molecule has 1 atom stereocenters. The Hall–Kier alpha value is -0.120. The number of thiophene rings is 1. The number of alkyl halides is 1. The Morgan fingerprint density at radius 2 is 2.06 bits per heavy atom. The molecule has 0 saturated carbocycles. The Morgan fingerprint density at radius 3 is 2.71 bits per heavy atom. The van der Waals surface area contributed by atoms with Crippen LogP contribution in [0.15, 0.2) is 46.3 Å². The Bertz CT molecular complexity index is 451. The molecule has 0 aliphatic heterocycles. The number of aryl methyl sites for hydroxylation is 1. The van der Waals surface area contributed by atoms with Gasteiger partial charge in [0.2, 0.25) is 0 Å². The third-order valence-corrected chi connectivity index (χ3v) is 5.04. The van der Waals surface area contributed by atoms with Crippen LogP contribution in [-0.2, 0) is 6.42 Å². The average molecular weight is 374 g/mol. The summed E-state index contributed by atoms with van der Waals surface area (Å²) in [6.45, 7) is 0. The van der Waals surface area contributed by atoms with E-state index in [0.717, 1.165) is 9.80 Å². The lowest BCUT2D eigenvalue weighted by molar-refractivity contribution is 0.696. The maximum atomic E-state index is 3.63. The van der Waals surface area contributed by atoms with E-state index in [1.807, 2.05) is 11.3 Å². The van der Waals surface area contributed by atoms with Crippen molar-refractivity contribution >= 4 is 43.2 Å². The minimum atomic E-state index is 0.592. The van der Waals surface area contributed by atoms with Crippen LogP contribution in [-0.4, -0.2) is 5.33 Å². The Morgan fingerprint density at radius 1 is 1.18 bits per heavy atom. The van der Waals surface area contributed by atoms with Gasteiger partial charge in [-0.2, -0.15) is 0 Å². The first-order chi connectivity index (χ1) is 8.29. The van der Waals surface area contributed by atoms with Crippen LogP contribution in [0.4, 0.5) is 0 Å². The van der Waals surface area contributed by atoms with Gasteiger partial charge in [0.1, 0.15) is 0 Å². The molecular formula is C14H14Br2S. The Labute approximate surface area is 123 Å². The fourth-order valence-electron chi connectivity index (χ4n) is 1.86. The van der Waals surface area contributed by atoms with Crippen molar-refractivity contribution in [3.8, 4) is 0 Å². The van der Waals surface area contributed by atoms with Crippen LogP contribution in [0.5, 0.6) is 0 Å². The highest BCUT2D eigenvalue weighted by Crippen LogP contribution is 2.27. The highest BCUT2D eigenvalue weighted by Gasteiger charge is 2.10. The molecule has 0 bridgehead atoms. The first-order valence-electron chi connectivity index (χ1n) is 5.63. The van der Waals surface area contributed by atoms with Gasteiger partial charge in [0.15, 0.2) is 0 Å². The first kappa shape index (κ1) is 13.3. The lowest BCUT2D eigenvalue weighted by Crippen LogP contribution is -2.01. The van der Waals surface area contributed by atoms with Crippen LogP contribution >= 0.6 is 43.2 Å². The molecule has 17 heavy (non-hydrogen) atoms. The standard InChI is InChI=1S/C14H14Br2S/c15-10-12(6-7-14-5-2-8-17-14)11-3-1-4-13(16)9-11/h1-5,8-9,12H,6-7,10H2. The van der Waals surface area contributed by atoms with Gasteiger partial charge in [-0.15, -0.1) is 11.3 Å². The molecule has 3 heteroatoms. The monoisotopic (exact) mass is 372 g/mol. The van der Waals surface area contributed by atoms with Gasteiger partial charge in [0.25, 0.3) is 0 Å². The predicted molar refractivity (Wildman–Crippen MR) is 83.3 cm³/mol. The smallest absolute Gasteiger partial charge is 0.0178 e. The van der Waals surface area contributed by atoms with Crippen molar-refractivity contribution in [1.82, 2.24) is 0 Å². The van der Waals surface area contributed by atoms with Crippen molar-refractivity contribution < 1.29 is 0 Å². The number of hydrogen-bond acceptors (Lipinski definition) is 1. The normalized spacial score (nSPS) is 12.6. The molecule has 0 nitrogen and oxygen atoms in total. The molecule has 90 valence electrons. The van der Waals surface area contributed by atoms with Crippen molar-refractivity contribution in [2.75, 3.05) is 5.33 Å². The van der Waals surface area contributed by atoms with Gasteiger partial charge < -0.3 is 0 Å². The van der Waals surface area contributed by atoms with Crippen LogP contribution in [0.2, 0.25) is 0 Å². The second kappa shape index (κ2) is 6.72. The number of halogens is 2. The molecule has 1 unspecified atom stereocenters. The van der Waals surface area contributed by atoms with Gasteiger partial charge in [-0.3, -0.25) is 0 Å². The summed E-state index contributed by atoms with van der Waals surface area (Å²) in [6, 6.07) is 13.0. The van der Waals surface area contributed by atoms with Gasteiger partial charge in [0, 0.05) is 14.7 Å². The van der Waals surface area contributed by atoms with E-state index in [1.54, 1.807) is 0 Å². The molecule has 0 amide bonds. The van der Waals surface area contributed by atoms with Crippen LogP contribution < -0.4 is 0 Å². The van der Waals surface area contributed by atoms with E-state index in [2.05, 4.69) is 73.6 Å². The molecule has 0 fully saturated rings. The van der Waals surface area contributed by atoms with E-state index in [-0.39, 0.29) is 0 Å². The molecule has 1 aromatic heterocycles. The summed E-state index contributed by atoms with van der Waals surface area (Å²) >= 11 is 9.01. The number of hydrogen-bond donors (Lipinski definition) is 0. The van der Waals surface area contributed by atoms with Gasteiger partial charge in [-0.05, 0) is 47.9 Å². The molecule has 1 aromatic carbocycles. The first-order valence-corrected chi connectivity index (χ1v) is 8.43. The zero-order valence-electron chi connectivity index (χ0n) is 9.40. The zero-order valence-corrected chi connectivity index (χ0v) is 13.4. The van der Waals surface area contributed by atoms with Crippen molar-refractivity contribution in [2.45, 2.75) is 18.8 Å². The second-order valence-corrected chi connectivity index (χ2v) is 6.62. The molecule has 2 aromatic rings. The third-order valence-electron chi connectivity index (χ3n) is 2.83. The van der Waals surface area contributed by atoms with Crippen molar-refractivity contribution in [3.05, 3.63) is 56.7 Å². The summed E-state index contributed by atoms with van der Waals surface area (Å²) in [5.41, 5.74) is 1.41. The van der Waals surface area contributed by atoms with E-state index in [0.29, 0.717) is 5.92 Å². The van der Waals surface area contributed by atoms with Gasteiger partial charge in [0.05, 0.1) is 0 Å².